The number of methoxy groups -OCH3 is 1. The molecule has 2 rings (SSSR count). The Bertz CT molecular complexity index is 530. The van der Waals surface area contributed by atoms with Gasteiger partial charge in [0.25, 0.3) is 0 Å². The fourth-order valence-electron chi connectivity index (χ4n) is 1.78. The molecule has 1 aromatic carbocycles. The minimum Gasteiger partial charge on any atom is -0.495 e. The van der Waals surface area contributed by atoms with E-state index in [-0.39, 0.29) is 0 Å². The molecule has 1 saturated heterocycles. The first-order valence-corrected chi connectivity index (χ1v) is 6.54. The maximum atomic E-state index is 12.0. The summed E-state index contributed by atoms with van der Waals surface area (Å²) in [5.41, 5.74) is 6.67. The van der Waals surface area contributed by atoms with Crippen molar-refractivity contribution in [3.63, 3.8) is 0 Å². The average Bonchev–Trinajstić information content (AvgIpc) is 2.54. The van der Waals surface area contributed by atoms with Crippen LogP contribution in [0.15, 0.2) is 18.2 Å². The molecule has 2 N–H and O–H groups in total. The van der Waals surface area contributed by atoms with E-state index in [1.165, 1.54) is 15.7 Å². The zero-order chi connectivity index (χ0) is 12.6. The summed E-state index contributed by atoms with van der Waals surface area (Å²) in [5.74, 6) is 0.498. The lowest BCUT2D eigenvalue weighted by atomic mass is 10.2. The maximum Gasteiger partial charge on any atom is 0.304 e. The second-order valence-electron chi connectivity index (χ2n) is 3.83. The molecule has 0 radical (unpaired) electrons. The summed E-state index contributed by atoms with van der Waals surface area (Å²) in [6.07, 6.45) is 0. The zero-order valence-corrected chi connectivity index (χ0v) is 10.6. The van der Waals surface area contributed by atoms with Crippen LogP contribution in [0.4, 0.5) is 11.4 Å². The van der Waals surface area contributed by atoms with Crippen LogP contribution < -0.4 is 14.8 Å². The third-order valence-electron chi connectivity index (χ3n) is 2.76. The molecular weight excluding hydrogens is 242 g/mol. The van der Waals surface area contributed by atoms with Crippen molar-refractivity contribution in [3.05, 3.63) is 18.2 Å². The van der Waals surface area contributed by atoms with E-state index >= 15 is 0 Å². The van der Waals surface area contributed by atoms with Crippen LogP contribution in [0.1, 0.15) is 0 Å². The SMILES string of the molecule is COc1ccc(N)cc1N1CCN(C)S1(=O)=O. The van der Waals surface area contributed by atoms with Gasteiger partial charge in [-0.25, -0.2) is 0 Å². The molecule has 6 nitrogen and oxygen atoms in total. The highest BCUT2D eigenvalue weighted by Gasteiger charge is 2.35. The normalized spacial score (nSPS) is 19.5. The first-order valence-electron chi connectivity index (χ1n) is 5.14. The van der Waals surface area contributed by atoms with Crippen molar-refractivity contribution >= 4 is 21.6 Å². The summed E-state index contributed by atoms with van der Waals surface area (Å²) in [4.78, 5) is 0. The Hall–Kier alpha value is -1.47. The Kier molecular flexibility index (Phi) is 2.88. The fourth-order valence-corrected chi connectivity index (χ4v) is 3.13. The number of nitrogens with two attached hydrogens (primary N) is 1. The van der Waals surface area contributed by atoms with Crippen LogP contribution in [0.25, 0.3) is 0 Å². The summed E-state index contributed by atoms with van der Waals surface area (Å²) >= 11 is 0. The molecule has 0 atom stereocenters. The van der Waals surface area contributed by atoms with Crippen LogP contribution in [0.2, 0.25) is 0 Å². The Labute approximate surface area is 101 Å². The number of anilines is 2. The van der Waals surface area contributed by atoms with E-state index in [0.29, 0.717) is 30.2 Å². The number of rotatable bonds is 2. The molecule has 17 heavy (non-hydrogen) atoms. The Morgan fingerprint density at radius 1 is 1.35 bits per heavy atom. The van der Waals surface area contributed by atoms with Gasteiger partial charge in [-0.15, -0.1) is 0 Å². The van der Waals surface area contributed by atoms with Crippen molar-refractivity contribution in [2.45, 2.75) is 0 Å². The molecule has 1 aliphatic rings. The van der Waals surface area contributed by atoms with E-state index in [2.05, 4.69) is 0 Å². The lowest BCUT2D eigenvalue weighted by Crippen LogP contribution is -2.30. The standard InChI is InChI=1S/C10H15N3O3S/c1-12-5-6-13(17(12,14)15)9-7-8(11)3-4-10(9)16-2/h3-4,7H,5-6,11H2,1-2H3. The molecule has 0 aromatic heterocycles. The van der Waals surface area contributed by atoms with Crippen molar-refractivity contribution in [2.75, 3.05) is 37.3 Å². The summed E-state index contributed by atoms with van der Waals surface area (Å²) in [6, 6.07) is 4.95. The van der Waals surface area contributed by atoms with Gasteiger partial charge in [0.05, 0.1) is 12.8 Å². The number of nitrogen functional groups attached to an aromatic ring is 1. The molecule has 0 spiro atoms. The van der Waals surface area contributed by atoms with Crippen molar-refractivity contribution < 1.29 is 13.2 Å². The van der Waals surface area contributed by atoms with Gasteiger partial charge in [0.2, 0.25) is 0 Å². The highest BCUT2D eigenvalue weighted by Crippen LogP contribution is 2.34. The zero-order valence-electron chi connectivity index (χ0n) is 9.75. The van der Waals surface area contributed by atoms with Crippen LogP contribution in [0, 0.1) is 0 Å². The number of hydrogen-bond acceptors (Lipinski definition) is 4. The number of ether oxygens (including phenoxy) is 1. The Morgan fingerprint density at radius 2 is 2.06 bits per heavy atom. The molecule has 0 amide bonds. The van der Waals surface area contributed by atoms with Gasteiger partial charge in [0, 0.05) is 25.8 Å². The van der Waals surface area contributed by atoms with Crippen LogP contribution >= 0.6 is 0 Å². The first-order chi connectivity index (χ1) is 7.96. The minimum atomic E-state index is -3.44. The number of nitrogens with zero attached hydrogens (tertiary/aromatic N) is 2. The van der Waals surface area contributed by atoms with Crippen LogP contribution in [-0.4, -0.2) is 40.0 Å². The molecular formula is C10H15N3O3S. The molecule has 0 bridgehead atoms. The Balaban J connectivity index is 2.51. The Morgan fingerprint density at radius 3 is 2.59 bits per heavy atom. The van der Waals surface area contributed by atoms with Crippen LogP contribution in [0.5, 0.6) is 5.75 Å². The first kappa shape index (κ1) is 12.0. The van der Waals surface area contributed by atoms with Gasteiger partial charge in [-0.05, 0) is 18.2 Å². The molecule has 1 heterocycles. The molecule has 94 valence electrons. The maximum absolute atomic E-state index is 12.0. The predicted octanol–water partition coefficient (Wildman–Crippen LogP) is 0.274. The third kappa shape index (κ3) is 1.91. The number of hydrogen-bond donors (Lipinski definition) is 1. The topological polar surface area (TPSA) is 75.9 Å². The fraction of sp³-hybridized carbons (Fsp3) is 0.400. The molecule has 1 aliphatic heterocycles. The summed E-state index contributed by atoms with van der Waals surface area (Å²) in [7, 11) is -0.386. The van der Waals surface area contributed by atoms with Gasteiger partial charge in [0.15, 0.2) is 0 Å². The van der Waals surface area contributed by atoms with Crippen molar-refractivity contribution in [1.82, 2.24) is 4.31 Å². The van der Waals surface area contributed by atoms with E-state index in [0.717, 1.165) is 0 Å². The predicted molar refractivity (Wildman–Crippen MR) is 66.3 cm³/mol. The van der Waals surface area contributed by atoms with E-state index in [4.69, 9.17) is 10.5 Å². The van der Waals surface area contributed by atoms with Crippen molar-refractivity contribution in [2.24, 2.45) is 0 Å². The summed E-state index contributed by atoms with van der Waals surface area (Å²) < 4.78 is 31.8. The van der Waals surface area contributed by atoms with Gasteiger partial charge in [-0.3, -0.25) is 4.31 Å². The molecule has 1 aromatic rings. The van der Waals surface area contributed by atoms with Crippen molar-refractivity contribution in [1.29, 1.82) is 0 Å². The van der Waals surface area contributed by atoms with E-state index < -0.39 is 10.2 Å². The summed E-state index contributed by atoms with van der Waals surface area (Å²) in [5, 5.41) is 0. The lowest BCUT2D eigenvalue weighted by Gasteiger charge is -2.20. The van der Waals surface area contributed by atoms with E-state index in [1.54, 1.807) is 25.2 Å². The van der Waals surface area contributed by atoms with Gasteiger partial charge >= 0.3 is 10.2 Å². The van der Waals surface area contributed by atoms with E-state index in [1.807, 2.05) is 0 Å². The monoisotopic (exact) mass is 257 g/mol. The van der Waals surface area contributed by atoms with Gasteiger partial charge in [0.1, 0.15) is 5.75 Å². The third-order valence-corrected chi connectivity index (χ3v) is 4.67. The van der Waals surface area contributed by atoms with Crippen LogP contribution in [-0.2, 0) is 10.2 Å². The van der Waals surface area contributed by atoms with Gasteiger partial charge in [-0.1, -0.05) is 0 Å². The second kappa shape index (κ2) is 4.08. The summed E-state index contributed by atoms with van der Waals surface area (Å²) in [6.45, 7) is 0.860. The molecule has 0 aliphatic carbocycles. The number of benzene rings is 1. The molecule has 0 unspecified atom stereocenters. The van der Waals surface area contributed by atoms with Crippen LogP contribution in [0.3, 0.4) is 0 Å². The quantitative estimate of drug-likeness (QED) is 0.772. The molecule has 1 fully saturated rings. The minimum absolute atomic E-state index is 0.401. The average molecular weight is 257 g/mol. The smallest absolute Gasteiger partial charge is 0.304 e. The highest BCUT2D eigenvalue weighted by molar-refractivity contribution is 7.90. The van der Waals surface area contributed by atoms with Gasteiger partial charge < -0.3 is 10.5 Å². The van der Waals surface area contributed by atoms with Crippen molar-refractivity contribution in [3.8, 4) is 5.75 Å². The highest BCUT2D eigenvalue weighted by atomic mass is 32.2. The number of likely N-dealkylation sites (N-methyl/N-ethyl adjacent to an activating group) is 1. The van der Waals surface area contributed by atoms with E-state index in [9.17, 15) is 8.42 Å². The largest absolute Gasteiger partial charge is 0.495 e. The second-order valence-corrected chi connectivity index (χ2v) is 5.79. The molecule has 7 heteroatoms. The lowest BCUT2D eigenvalue weighted by molar-refractivity contribution is 0.415. The molecule has 0 saturated carbocycles. The van der Waals surface area contributed by atoms with Gasteiger partial charge in [-0.2, -0.15) is 12.7 Å².